The normalized spacial score (nSPS) is 14.2. The number of carbonyl (C=O) groups excluding carboxylic acids is 1. The molecule has 6 nitrogen and oxygen atoms in total. The third-order valence-electron chi connectivity index (χ3n) is 6.57. The number of Topliss-reactive ketones (excluding diaryl/α,β-unsaturated/α-hetero) is 1. The Morgan fingerprint density at radius 2 is 0.925 bits per heavy atom. The van der Waals surface area contributed by atoms with E-state index in [0.717, 1.165) is 22.3 Å². The van der Waals surface area contributed by atoms with E-state index in [1.165, 1.54) is 0 Å². The molecule has 0 saturated carbocycles. The second kappa shape index (κ2) is 15.8. The Morgan fingerprint density at radius 1 is 0.550 bits per heavy atom. The summed E-state index contributed by atoms with van der Waals surface area (Å²) in [5, 5.41) is 20.9. The van der Waals surface area contributed by atoms with Crippen LogP contribution in [-0.2, 0) is 45.2 Å². The lowest BCUT2D eigenvalue weighted by Gasteiger charge is -2.35. The highest BCUT2D eigenvalue weighted by Gasteiger charge is 2.40. The van der Waals surface area contributed by atoms with E-state index in [-0.39, 0.29) is 32.0 Å². The highest BCUT2D eigenvalue weighted by molar-refractivity contribution is 5.86. The van der Waals surface area contributed by atoms with Gasteiger partial charge in [0.25, 0.3) is 0 Å². The molecule has 0 radical (unpaired) electrons. The van der Waals surface area contributed by atoms with E-state index in [9.17, 15) is 15.0 Å². The van der Waals surface area contributed by atoms with Crippen molar-refractivity contribution in [1.29, 1.82) is 0 Å². The first kappa shape index (κ1) is 29.3. The molecule has 40 heavy (non-hydrogen) atoms. The molecule has 0 heterocycles. The Labute approximate surface area is 235 Å². The molecular formula is C34H36O6. The summed E-state index contributed by atoms with van der Waals surface area (Å²) in [5.41, 5.74) is 3.51. The number of ketones is 1. The number of benzene rings is 4. The van der Waals surface area contributed by atoms with E-state index in [1.807, 2.05) is 121 Å². The molecule has 0 fully saturated rings. The van der Waals surface area contributed by atoms with Gasteiger partial charge in [-0.05, 0) is 22.3 Å². The molecule has 0 aliphatic carbocycles. The van der Waals surface area contributed by atoms with Gasteiger partial charge in [-0.1, -0.05) is 121 Å². The molecule has 4 atom stereocenters. The molecule has 4 rings (SSSR count). The second-order valence-corrected chi connectivity index (χ2v) is 9.62. The predicted molar refractivity (Wildman–Crippen MR) is 153 cm³/mol. The highest BCUT2D eigenvalue weighted by atomic mass is 16.6. The summed E-state index contributed by atoms with van der Waals surface area (Å²) in [7, 11) is 0. The van der Waals surface area contributed by atoms with Crippen LogP contribution in [0.5, 0.6) is 0 Å². The van der Waals surface area contributed by atoms with Crippen molar-refractivity contribution in [1.82, 2.24) is 0 Å². The van der Waals surface area contributed by atoms with Crippen LogP contribution in [0.4, 0.5) is 0 Å². The van der Waals surface area contributed by atoms with Crippen LogP contribution in [0.15, 0.2) is 121 Å². The van der Waals surface area contributed by atoms with Crippen molar-refractivity contribution in [2.75, 3.05) is 6.61 Å². The van der Waals surface area contributed by atoms with Crippen molar-refractivity contribution in [3.8, 4) is 0 Å². The van der Waals surface area contributed by atoms with Crippen LogP contribution in [0.3, 0.4) is 0 Å². The molecule has 0 bridgehead atoms. The van der Waals surface area contributed by atoms with Gasteiger partial charge >= 0.3 is 0 Å². The molecular weight excluding hydrogens is 504 g/mol. The maximum Gasteiger partial charge on any atom is 0.168 e. The van der Waals surface area contributed by atoms with Crippen LogP contribution >= 0.6 is 0 Å². The summed E-state index contributed by atoms with van der Waals surface area (Å²) >= 11 is 0. The van der Waals surface area contributed by atoms with Crippen molar-refractivity contribution in [3.63, 3.8) is 0 Å². The fraction of sp³-hybridized carbons (Fsp3) is 0.265. The lowest BCUT2D eigenvalue weighted by Crippen LogP contribution is -2.52. The van der Waals surface area contributed by atoms with Gasteiger partial charge in [0.15, 0.2) is 5.78 Å². The molecule has 6 heteroatoms. The largest absolute Gasteiger partial charge is 0.394 e. The SMILES string of the molecule is O=C(Cc1ccccc1)[C@H](OCc1ccccc1)[C@@H](OCc1ccccc1)[C@H](OCc1ccccc1)[C@H](O)CO. The Balaban J connectivity index is 1.65. The van der Waals surface area contributed by atoms with E-state index in [0.29, 0.717) is 0 Å². The van der Waals surface area contributed by atoms with Gasteiger partial charge in [-0.15, -0.1) is 0 Å². The third-order valence-corrected chi connectivity index (χ3v) is 6.57. The average Bonchev–Trinajstić information content (AvgIpc) is 3.01. The van der Waals surface area contributed by atoms with Gasteiger partial charge in [-0.3, -0.25) is 4.79 Å². The van der Waals surface area contributed by atoms with Crippen LogP contribution < -0.4 is 0 Å². The molecule has 2 N–H and O–H groups in total. The van der Waals surface area contributed by atoms with Crippen LogP contribution in [0.25, 0.3) is 0 Å². The molecule has 0 aliphatic heterocycles. The monoisotopic (exact) mass is 540 g/mol. The van der Waals surface area contributed by atoms with Crippen molar-refractivity contribution in [3.05, 3.63) is 144 Å². The molecule has 0 aliphatic rings. The number of hydrogen-bond acceptors (Lipinski definition) is 6. The van der Waals surface area contributed by atoms with Gasteiger partial charge in [0.05, 0.1) is 26.4 Å². The van der Waals surface area contributed by atoms with E-state index in [2.05, 4.69) is 0 Å². The first-order valence-electron chi connectivity index (χ1n) is 13.5. The van der Waals surface area contributed by atoms with Crippen molar-refractivity contribution in [2.24, 2.45) is 0 Å². The Hall–Kier alpha value is -3.65. The lowest BCUT2D eigenvalue weighted by molar-refractivity contribution is -0.187. The van der Waals surface area contributed by atoms with Gasteiger partial charge in [0, 0.05) is 6.42 Å². The minimum Gasteiger partial charge on any atom is -0.394 e. The van der Waals surface area contributed by atoms with Gasteiger partial charge in [-0.2, -0.15) is 0 Å². The first-order chi connectivity index (χ1) is 19.6. The number of hydrogen-bond donors (Lipinski definition) is 2. The molecule has 0 saturated heterocycles. The first-order valence-corrected chi connectivity index (χ1v) is 13.5. The maximum atomic E-state index is 13.9. The number of aliphatic hydroxyl groups excluding tert-OH is 2. The Bertz CT molecular complexity index is 1250. The molecule has 208 valence electrons. The molecule has 4 aromatic carbocycles. The Morgan fingerprint density at radius 3 is 1.35 bits per heavy atom. The van der Waals surface area contributed by atoms with Gasteiger partial charge in [0.1, 0.15) is 24.4 Å². The average molecular weight is 541 g/mol. The van der Waals surface area contributed by atoms with Crippen molar-refractivity contribution >= 4 is 5.78 Å². The van der Waals surface area contributed by atoms with Crippen LogP contribution in [0.2, 0.25) is 0 Å². The number of ether oxygens (including phenoxy) is 3. The topological polar surface area (TPSA) is 85.2 Å². The second-order valence-electron chi connectivity index (χ2n) is 9.62. The molecule has 4 aromatic rings. The lowest BCUT2D eigenvalue weighted by atomic mass is 9.95. The van der Waals surface area contributed by atoms with Crippen LogP contribution in [0.1, 0.15) is 22.3 Å². The highest BCUT2D eigenvalue weighted by Crippen LogP contribution is 2.23. The van der Waals surface area contributed by atoms with Crippen molar-refractivity contribution < 1.29 is 29.2 Å². The minimum absolute atomic E-state index is 0.117. The smallest absolute Gasteiger partial charge is 0.168 e. The number of aliphatic hydroxyl groups is 2. The zero-order valence-electron chi connectivity index (χ0n) is 22.4. The molecule has 0 spiro atoms. The molecule has 0 aromatic heterocycles. The third kappa shape index (κ3) is 8.95. The number of carbonyl (C=O) groups is 1. The summed E-state index contributed by atoms with van der Waals surface area (Å²) in [6.45, 7) is -0.0779. The maximum absolute atomic E-state index is 13.9. The van der Waals surface area contributed by atoms with E-state index >= 15 is 0 Å². The summed E-state index contributed by atoms with van der Waals surface area (Å²) in [6.07, 6.45) is -4.32. The number of rotatable bonds is 16. The summed E-state index contributed by atoms with van der Waals surface area (Å²) < 4.78 is 18.9. The van der Waals surface area contributed by atoms with E-state index in [4.69, 9.17) is 14.2 Å². The van der Waals surface area contributed by atoms with E-state index < -0.39 is 31.0 Å². The summed E-state index contributed by atoms with van der Waals surface area (Å²) in [4.78, 5) is 13.9. The zero-order chi connectivity index (χ0) is 28.0. The van der Waals surface area contributed by atoms with Gasteiger partial charge in [0.2, 0.25) is 0 Å². The van der Waals surface area contributed by atoms with Crippen molar-refractivity contribution in [2.45, 2.75) is 50.7 Å². The minimum atomic E-state index is -1.31. The molecule has 0 amide bonds. The Kier molecular flexibility index (Phi) is 11.6. The predicted octanol–water partition coefficient (Wildman–Crippen LogP) is 4.91. The van der Waals surface area contributed by atoms with Crippen LogP contribution in [0, 0.1) is 0 Å². The summed E-state index contributed by atoms with van der Waals surface area (Å²) in [6, 6.07) is 38.1. The fourth-order valence-corrected chi connectivity index (χ4v) is 4.45. The van der Waals surface area contributed by atoms with Gasteiger partial charge < -0.3 is 24.4 Å². The zero-order valence-corrected chi connectivity index (χ0v) is 22.4. The fourth-order valence-electron chi connectivity index (χ4n) is 4.45. The van der Waals surface area contributed by atoms with Crippen LogP contribution in [-0.4, -0.2) is 47.0 Å². The van der Waals surface area contributed by atoms with E-state index in [1.54, 1.807) is 0 Å². The molecule has 0 unspecified atom stereocenters. The quantitative estimate of drug-likeness (QED) is 0.210. The standard InChI is InChI=1S/C34H36O6/c35-22-31(37)33(39-24-28-17-9-3-10-18-28)34(40-25-29-19-11-4-12-20-29)32(38-23-27-15-7-2-8-16-27)30(36)21-26-13-5-1-6-14-26/h1-20,31-35,37H,21-25H2/t31-,32+,33-,34-/m1/s1. The summed E-state index contributed by atoms with van der Waals surface area (Å²) in [5.74, 6) is -0.210. The van der Waals surface area contributed by atoms with Gasteiger partial charge in [-0.25, -0.2) is 0 Å².